The first-order valence-electron chi connectivity index (χ1n) is 19.4. The van der Waals surface area contributed by atoms with Gasteiger partial charge in [-0.15, -0.1) is 0 Å². The van der Waals surface area contributed by atoms with Gasteiger partial charge in [0.25, 0.3) is 0 Å². The van der Waals surface area contributed by atoms with E-state index in [4.69, 9.17) is 10.5 Å². The van der Waals surface area contributed by atoms with Crippen LogP contribution in [0, 0.1) is 5.92 Å². The molecule has 4 saturated heterocycles. The highest BCUT2D eigenvalue weighted by atomic mass is 16.5. The summed E-state index contributed by atoms with van der Waals surface area (Å²) >= 11 is 0. The number of nitrogens with zero attached hydrogens (tertiary/aromatic N) is 7. The summed E-state index contributed by atoms with van der Waals surface area (Å²) < 4.78 is 10.7. The molecule has 1 unspecified atom stereocenters. The van der Waals surface area contributed by atoms with Crippen molar-refractivity contribution in [3.05, 3.63) is 58.8 Å². The van der Waals surface area contributed by atoms with Crippen molar-refractivity contribution in [1.82, 2.24) is 34.0 Å². The molecule has 13 nitrogen and oxygen atoms in total. The maximum atomic E-state index is 13.5. The molecule has 0 bridgehead atoms. The maximum Gasteiger partial charge on any atom is 0.329 e. The van der Waals surface area contributed by atoms with Crippen LogP contribution in [0.3, 0.4) is 0 Å². The Balaban J connectivity index is 0.841. The number of methoxy groups -OCH3 is 1. The number of nitrogens with one attached hydrogen (secondary N) is 1. The van der Waals surface area contributed by atoms with Crippen LogP contribution in [0.2, 0.25) is 0 Å². The third-order valence-corrected chi connectivity index (χ3v) is 12.5. The fourth-order valence-corrected chi connectivity index (χ4v) is 9.61. The molecule has 13 heteroatoms. The third-order valence-electron chi connectivity index (χ3n) is 12.5. The Morgan fingerprint density at radius 3 is 2.36 bits per heavy atom. The highest BCUT2D eigenvalue weighted by Crippen LogP contribution is 2.40. The number of aryl methyl sites for hydroxylation is 2. The molecule has 3 N–H and O–H groups in total. The summed E-state index contributed by atoms with van der Waals surface area (Å²) in [5.74, 6) is 1.13. The van der Waals surface area contributed by atoms with Crippen LogP contribution in [-0.2, 0) is 23.7 Å². The number of carbonyl (C=O) groups excluding carboxylic acids is 2. The molecule has 0 saturated carbocycles. The van der Waals surface area contributed by atoms with E-state index in [9.17, 15) is 14.4 Å². The summed E-state index contributed by atoms with van der Waals surface area (Å²) in [7, 11) is 5.42. The van der Waals surface area contributed by atoms with Gasteiger partial charge in [0.15, 0.2) is 0 Å². The van der Waals surface area contributed by atoms with E-state index < -0.39 is 11.9 Å². The van der Waals surface area contributed by atoms with E-state index in [1.807, 2.05) is 42.3 Å². The van der Waals surface area contributed by atoms with Crippen LogP contribution in [0.4, 0.5) is 11.4 Å². The Hall–Kier alpha value is -4.62. The first kappa shape index (κ1) is 35.4. The molecule has 4 aliphatic heterocycles. The number of rotatable bonds is 8. The lowest BCUT2D eigenvalue weighted by Gasteiger charge is -2.43. The Bertz CT molecular complexity index is 2040. The van der Waals surface area contributed by atoms with E-state index in [0.29, 0.717) is 29.8 Å². The van der Waals surface area contributed by atoms with Crippen LogP contribution < -0.4 is 26.4 Å². The zero-order chi connectivity index (χ0) is 36.8. The number of amides is 2. The van der Waals surface area contributed by atoms with Gasteiger partial charge in [-0.2, -0.15) is 5.10 Å². The molecule has 2 aromatic carbocycles. The molecule has 1 atom stereocenters. The largest absolute Gasteiger partial charge is 0.495 e. The smallest absolute Gasteiger partial charge is 0.329 e. The summed E-state index contributed by atoms with van der Waals surface area (Å²) in [6.45, 7) is 7.61. The second-order valence-corrected chi connectivity index (χ2v) is 15.7. The number of anilines is 2. The topological polar surface area (TPSA) is 136 Å². The third kappa shape index (κ3) is 6.85. The Morgan fingerprint density at radius 1 is 0.925 bits per heavy atom. The summed E-state index contributed by atoms with van der Waals surface area (Å²) in [5.41, 5.74) is 13.0. The standard InChI is InChI=1S/C40H53N9O4/c1-44-25-28(23-42-44)31-21-32(41)36(53-3)22-35(31)48-19-13-29(14-20-48)47-17-9-26(10-18-47)24-46-15-11-27(12-16-46)30-5-4-6-33-38(30)45(2)40(52)49(33)34-7-8-37(50)43-39(34)51/h4-6,21-23,25-27,29,34H,7-20,24,41H2,1-3H3,(H,43,50,51). The first-order chi connectivity index (χ1) is 25.7. The van der Waals surface area contributed by atoms with Crippen molar-refractivity contribution in [2.45, 2.75) is 69.4 Å². The molecule has 4 fully saturated rings. The van der Waals surface area contributed by atoms with Gasteiger partial charge in [0.05, 0.1) is 30.0 Å². The number of nitrogens with two attached hydrogens (primary N) is 1. The molecular weight excluding hydrogens is 670 g/mol. The van der Waals surface area contributed by atoms with E-state index in [2.05, 4.69) is 37.2 Å². The molecule has 0 aliphatic carbocycles. The second kappa shape index (κ2) is 14.7. The predicted octanol–water partition coefficient (Wildman–Crippen LogP) is 3.87. The average molecular weight is 724 g/mol. The minimum Gasteiger partial charge on any atom is -0.495 e. The summed E-state index contributed by atoms with van der Waals surface area (Å²) in [6.07, 6.45) is 11.4. The number of nitrogen functional groups attached to an aromatic ring is 1. The van der Waals surface area contributed by atoms with Crippen molar-refractivity contribution < 1.29 is 14.3 Å². The number of ether oxygens (including phenoxy) is 1. The number of imide groups is 1. The van der Waals surface area contributed by atoms with Crippen LogP contribution in [0.1, 0.15) is 68.9 Å². The van der Waals surface area contributed by atoms with Crippen molar-refractivity contribution in [1.29, 1.82) is 0 Å². The zero-order valence-electron chi connectivity index (χ0n) is 31.3. The van der Waals surface area contributed by atoms with Crippen LogP contribution in [0.25, 0.3) is 22.2 Å². The maximum absolute atomic E-state index is 13.5. The van der Waals surface area contributed by atoms with Gasteiger partial charge in [-0.3, -0.25) is 28.7 Å². The molecule has 4 aliphatic rings. The zero-order valence-corrected chi connectivity index (χ0v) is 31.3. The Morgan fingerprint density at radius 2 is 1.68 bits per heavy atom. The number of benzene rings is 2. The van der Waals surface area contributed by atoms with E-state index in [0.717, 1.165) is 92.2 Å². The van der Waals surface area contributed by atoms with Gasteiger partial charge in [0.2, 0.25) is 11.8 Å². The molecular formula is C40H53N9O4. The lowest BCUT2D eigenvalue weighted by atomic mass is 9.87. The molecule has 6 heterocycles. The highest BCUT2D eigenvalue weighted by molar-refractivity contribution is 6.00. The van der Waals surface area contributed by atoms with Crippen LogP contribution in [0.15, 0.2) is 47.5 Å². The molecule has 282 valence electrons. The van der Waals surface area contributed by atoms with Gasteiger partial charge < -0.3 is 25.2 Å². The van der Waals surface area contributed by atoms with Crippen molar-refractivity contribution in [2.75, 3.05) is 63.6 Å². The number of hydrogen-bond donors (Lipinski definition) is 2. The molecule has 0 radical (unpaired) electrons. The highest BCUT2D eigenvalue weighted by Gasteiger charge is 2.34. The first-order valence-corrected chi connectivity index (χ1v) is 19.4. The monoisotopic (exact) mass is 723 g/mol. The molecule has 4 aromatic rings. The fourth-order valence-electron chi connectivity index (χ4n) is 9.61. The number of imidazole rings is 1. The van der Waals surface area contributed by atoms with Gasteiger partial charge in [-0.1, -0.05) is 12.1 Å². The molecule has 2 amide bonds. The van der Waals surface area contributed by atoms with E-state index in [1.54, 1.807) is 23.3 Å². The van der Waals surface area contributed by atoms with Crippen LogP contribution in [0.5, 0.6) is 5.75 Å². The molecule has 53 heavy (non-hydrogen) atoms. The average Bonchev–Trinajstić information content (AvgIpc) is 3.72. The molecule has 2 aromatic heterocycles. The predicted molar refractivity (Wildman–Crippen MR) is 206 cm³/mol. The second-order valence-electron chi connectivity index (χ2n) is 15.7. The van der Waals surface area contributed by atoms with Gasteiger partial charge >= 0.3 is 5.69 Å². The van der Waals surface area contributed by atoms with Crippen molar-refractivity contribution in [3.8, 4) is 16.9 Å². The summed E-state index contributed by atoms with van der Waals surface area (Å²) in [5, 5.41) is 6.82. The number of aromatic nitrogens is 4. The number of hydrogen-bond acceptors (Lipinski definition) is 9. The van der Waals surface area contributed by atoms with Crippen molar-refractivity contribution in [2.24, 2.45) is 20.0 Å². The Labute approximate surface area is 310 Å². The van der Waals surface area contributed by atoms with Crippen molar-refractivity contribution in [3.63, 3.8) is 0 Å². The van der Waals surface area contributed by atoms with Gasteiger partial charge in [0.1, 0.15) is 11.8 Å². The summed E-state index contributed by atoms with van der Waals surface area (Å²) in [6, 6.07) is 10.2. The Kier molecular flexibility index (Phi) is 9.80. The number of carbonyl (C=O) groups is 2. The number of piperidine rings is 4. The van der Waals surface area contributed by atoms with Crippen LogP contribution >= 0.6 is 0 Å². The van der Waals surface area contributed by atoms with E-state index in [-0.39, 0.29) is 18.0 Å². The van der Waals surface area contributed by atoms with Crippen LogP contribution in [-0.4, -0.2) is 99.5 Å². The number of likely N-dealkylation sites (tertiary alicyclic amines) is 2. The SMILES string of the molecule is COc1cc(N2CCC(N3CCC(CN4CCC(c5cccc6c5n(C)c(=O)n6C5CCC(=O)NC5=O)CC4)CC3)CC2)c(-c2cnn(C)c2)cc1N. The van der Waals surface area contributed by atoms with Gasteiger partial charge in [-0.05, 0) is 101 Å². The molecule has 8 rings (SSSR count). The quantitative estimate of drug-likeness (QED) is 0.205. The van der Waals surface area contributed by atoms with Crippen molar-refractivity contribution >= 4 is 34.2 Å². The summed E-state index contributed by atoms with van der Waals surface area (Å²) in [4.78, 5) is 45.8. The van der Waals surface area contributed by atoms with E-state index in [1.165, 1.54) is 31.5 Å². The number of fused-ring (bicyclic) bond motifs is 1. The minimum atomic E-state index is -0.662. The fraction of sp³-hybridized carbons (Fsp3) is 0.550. The lowest BCUT2D eigenvalue weighted by molar-refractivity contribution is -0.135. The lowest BCUT2D eigenvalue weighted by Crippen LogP contribution is -2.49. The minimum absolute atomic E-state index is 0.200. The van der Waals surface area contributed by atoms with Gasteiger partial charge in [0, 0.05) is 75.3 Å². The molecule has 0 spiro atoms. The number of para-hydroxylation sites is 1. The van der Waals surface area contributed by atoms with E-state index >= 15 is 0 Å². The normalized spacial score (nSPS) is 21.8. The van der Waals surface area contributed by atoms with Gasteiger partial charge in [-0.25, -0.2) is 4.79 Å².